The van der Waals surface area contributed by atoms with E-state index in [0.29, 0.717) is 17.9 Å². The molecule has 0 aromatic carbocycles. The number of aliphatic imine (C=N–C) groups is 1. The number of ether oxygens (including phenoxy) is 2. The second-order valence-electron chi connectivity index (χ2n) is 6.06. The first-order valence-corrected chi connectivity index (χ1v) is 8.18. The van der Waals surface area contributed by atoms with E-state index in [0.717, 1.165) is 45.2 Å². The van der Waals surface area contributed by atoms with Gasteiger partial charge in [-0.05, 0) is 25.7 Å². The van der Waals surface area contributed by atoms with E-state index in [1.54, 1.807) is 7.11 Å². The van der Waals surface area contributed by atoms with Crippen molar-refractivity contribution < 1.29 is 9.47 Å². The van der Waals surface area contributed by atoms with E-state index >= 15 is 0 Å². The monoisotopic (exact) mass is 427 g/mol. The number of rotatable bonds is 8. The number of hydrogen-bond donors (Lipinski definition) is 1. The minimum atomic E-state index is 0. The largest absolute Gasteiger partial charge is 0.384 e. The number of nitrogens with zero attached hydrogens (tertiary/aromatic N) is 2. The average molecular weight is 427 g/mol. The Morgan fingerprint density at radius 2 is 2.14 bits per heavy atom. The Morgan fingerprint density at radius 1 is 1.41 bits per heavy atom. The molecule has 1 aliphatic rings. The predicted molar refractivity (Wildman–Crippen MR) is 103 cm³/mol. The van der Waals surface area contributed by atoms with Gasteiger partial charge in [-0.25, -0.2) is 0 Å². The average Bonchev–Trinajstić information content (AvgIpc) is 2.91. The van der Waals surface area contributed by atoms with Crippen LogP contribution < -0.4 is 5.32 Å². The van der Waals surface area contributed by atoms with E-state index in [9.17, 15) is 0 Å². The van der Waals surface area contributed by atoms with Crippen LogP contribution in [0.5, 0.6) is 0 Å². The molecule has 1 fully saturated rings. The van der Waals surface area contributed by atoms with Crippen molar-refractivity contribution >= 4 is 29.9 Å². The Labute approximate surface area is 153 Å². The van der Waals surface area contributed by atoms with E-state index in [2.05, 4.69) is 36.0 Å². The summed E-state index contributed by atoms with van der Waals surface area (Å²) < 4.78 is 11.0. The quantitative estimate of drug-likeness (QED) is 0.368. The minimum Gasteiger partial charge on any atom is -0.384 e. The third kappa shape index (κ3) is 7.46. The first-order chi connectivity index (χ1) is 10.1. The molecule has 0 aromatic rings. The molecular formula is C16H34IN3O2. The van der Waals surface area contributed by atoms with Crippen molar-refractivity contribution in [1.82, 2.24) is 10.2 Å². The van der Waals surface area contributed by atoms with Gasteiger partial charge in [0.15, 0.2) is 5.96 Å². The van der Waals surface area contributed by atoms with E-state index in [1.807, 2.05) is 7.05 Å². The van der Waals surface area contributed by atoms with Gasteiger partial charge in [0.25, 0.3) is 0 Å². The molecule has 132 valence electrons. The Balaban J connectivity index is 0.00000441. The molecule has 0 aromatic heterocycles. The molecular weight excluding hydrogens is 393 g/mol. The van der Waals surface area contributed by atoms with Gasteiger partial charge >= 0.3 is 0 Å². The molecule has 0 amide bonds. The third-order valence-electron chi connectivity index (χ3n) is 4.04. The number of nitrogens with one attached hydrogen (secondary N) is 1. The second-order valence-corrected chi connectivity index (χ2v) is 6.06. The molecule has 1 N–H and O–H groups in total. The van der Waals surface area contributed by atoms with Gasteiger partial charge in [0.1, 0.15) is 0 Å². The zero-order chi connectivity index (χ0) is 15.7. The summed E-state index contributed by atoms with van der Waals surface area (Å²) in [6.45, 7) is 11.1. The minimum absolute atomic E-state index is 0. The van der Waals surface area contributed by atoms with Crippen molar-refractivity contribution in [2.75, 3.05) is 47.0 Å². The van der Waals surface area contributed by atoms with Crippen molar-refractivity contribution in [3.63, 3.8) is 0 Å². The number of guanidine groups is 1. The Hall–Kier alpha value is -0.0800. The van der Waals surface area contributed by atoms with Crippen molar-refractivity contribution in [3.8, 4) is 0 Å². The van der Waals surface area contributed by atoms with Gasteiger partial charge in [-0.3, -0.25) is 4.99 Å². The van der Waals surface area contributed by atoms with Crippen LogP contribution in [0.2, 0.25) is 0 Å². The SMILES string of the molecule is CCOC(CCNC(=NC)N1CCC(COC)C1)C(C)C.I. The van der Waals surface area contributed by atoms with E-state index < -0.39 is 0 Å². The Bertz CT molecular complexity index is 314. The highest BCUT2D eigenvalue weighted by Gasteiger charge is 2.24. The highest BCUT2D eigenvalue weighted by Crippen LogP contribution is 2.16. The predicted octanol–water partition coefficient (Wildman–Crippen LogP) is 2.60. The summed E-state index contributed by atoms with van der Waals surface area (Å²) >= 11 is 0. The summed E-state index contributed by atoms with van der Waals surface area (Å²) in [5.41, 5.74) is 0. The molecule has 2 unspecified atom stereocenters. The van der Waals surface area contributed by atoms with Gasteiger partial charge < -0.3 is 19.7 Å². The van der Waals surface area contributed by atoms with Crippen LogP contribution in [0.15, 0.2) is 4.99 Å². The Morgan fingerprint density at radius 3 is 2.68 bits per heavy atom. The molecule has 1 rings (SSSR count). The maximum absolute atomic E-state index is 5.78. The van der Waals surface area contributed by atoms with Crippen molar-refractivity contribution in [3.05, 3.63) is 0 Å². The lowest BCUT2D eigenvalue weighted by atomic mass is 10.0. The third-order valence-corrected chi connectivity index (χ3v) is 4.04. The zero-order valence-corrected chi connectivity index (χ0v) is 17.1. The lowest BCUT2D eigenvalue weighted by Gasteiger charge is -2.24. The molecule has 0 saturated carbocycles. The topological polar surface area (TPSA) is 46.1 Å². The van der Waals surface area contributed by atoms with Crippen LogP contribution in [0, 0.1) is 11.8 Å². The molecule has 1 heterocycles. The lowest BCUT2D eigenvalue weighted by Crippen LogP contribution is -2.41. The molecule has 1 aliphatic heterocycles. The molecule has 0 spiro atoms. The fraction of sp³-hybridized carbons (Fsp3) is 0.938. The van der Waals surface area contributed by atoms with Gasteiger partial charge in [-0.1, -0.05) is 13.8 Å². The van der Waals surface area contributed by atoms with E-state index in [1.165, 1.54) is 6.42 Å². The highest BCUT2D eigenvalue weighted by atomic mass is 127. The standard InChI is InChI=1S/C16H33N3O2.HI/c1-6-21-15(13(2)3)7-9-18-16(17-4)19-10-8-14(11-19)12-20-5;/h13-15H,6-12H2,1-5H3,(H,17,18);1H. The lowest BCUT2D eigenvalue weighted by molar-refractivity contribution is 0.0257. The highest BCUT2D eigenvalue weighted by molar-refractivity contribution is 14.0. The normalized spacial score (nSPS) is 20.2. The number of likely N-dealkylation sites (tertiary alicyclic amines) is 1. The van der Waals surface area contributed by atoms with Crippen molar-refractivity contribution in [2.45, 2.75) is 39.7 Å². The summed E-state index contributed by atoms with van der Waals surface area (Å²) in [7, 11) is 3.63. The van der Waals surface area contributed by atoms with Gasteiger partial charge in [0.05, 0.1) is 12.7 Å². The van der Waals surface area contributed by atoms with E-state index in [-0.39, 0.29) is 24.0 Å². The number of halogens is 1. The fourth-order valence-corrected chi connectivity index (χ4v) is 2.88. The summed E-state index contributed by atoms with van der Waals surface area (Å²) in [5, 5.41) is 3.47. The number of hydrogen-bond acceptors (Lipinski definition) is 3. The van der Waals surface area contributed by atoms with Crippen molar-refractivity contribution in [2.24, 2.45) is 16.8 Å². The van der Waals surface area contributed by atoms with Crippen LogP contribution in [0.4, 0.5) is 0 Å². The smallest absolute Gasteiger partial charge is 0.193 e. The summed E-state index contributed by atoms with van der Waals surface area (Å²) in [6, 6.07) is 0. The van der Waals surface area contributed by atoms with Gasteiger partial charge in [0, 0.05) is 46.3 Å². The summed E-state index contributed by atoms with van der Waals surface area (Å²) in [6.07, 6.45) is 2.52. The van der Waals surface area contributed by atoms with Crippen LogP contribution in [0.25, 0.3) is 0 Å². The first-order valence-electron chi connectivity index (χ1n) is 8.18. The molecule has 0 aliphatic carbocycles. The number of methoxy groups -OCH3 is 1. The molecule has 5 nitrogen and oxygen atoms in total. The first kappa shape index (κ1) is 21.9. The molecule has 22 heavy (non-hydrogen) atoms. The van der Waals surface area contributed by atoms with Crippen LogP contribution in [-0.2, 0) is 9.47 Å². The van der Waals surface area contributed by atoms with Gasteiger partial charge in [-0.15, -0.1) is 24.0 Å². The van der Waals surface area contributed by atoms with Crippen LogP contribution in [-0.4, -0.2) is 64.0 Å². The molecule has 0 radical (unpaired) electrons. The summed E-state index contributed by atoms with van der Waals surface area (Å²) in [4.78, 5) is 6.73. The van der Waals surface area contributed by atoms with Gasteiger partial charge in [0.2, 0.25) is 0 Å². The maximum atomic E-state index is 5.78. The summed E-state index contributed by atoms with van der Waals surface area (Å²) in [5.74, 6) is 2.18. The molecule has 1 saturated heterocycles. The molecule has 0 bridgehead atoms. The molecule has 2 atom stereocenters. The zero-order valence-electron chi connectivity index (χ0n) is 14.8. The molecule has 6 heteroatoms. The van der Waals surface area contributed by atoms with Crippen LogP contribution in [0.3, 0.4) is 0 Å². The van der Waals surface area contributed by atoms with Crippen molar-refractivity contribution in [1.29, 1.82) is 0 Å². The maximum Gasteiger partial charge on any atom is 0.193 e. The van der Waals surface area contributed by atoms with Gasteiger partial charge in [-0.2, -0.15) is 0 Å². The van der Waals surface area contributed by atoms with Crippen LogP contribution in [0.1, 0.15) is 33.6 Å². The van der Waals surface area contributed by atoms with E-state index in [4.69, 9.17) is 9.47 Å². The fourth-order valence-electron chi connectivity index (χ4n) is 2.88. The second kappa shape index (κ2) is 12.4. The Kier molecular flexibility index (Phi) is 12.3. The van der Waals surface area contributed by atoms with Crippen LogP contribution >= 0.6 is 24.0 Å².